The highest BCUT2D eigenvalue weighted by Crippen LogP contribution is 2.24. The second-order valence-electron chi connectivity index (χ2n) is 4.67. The van der Waals surface area contributed by atoms with E-state index in [2.05, 4.69) is 10.3 Å². The number of hydrogen-bond donors (Lipinski definition) is 1. The molecular weight excluding hydrogens is 316 g/mol. The summed E-state index contributed by atoms with van der Waals surface area (Å²) in [5.74, 6) is -0.215. The lowest BCUT2D eigenvalue weighted by molar-refractivity contribution is -0.114. The standard InChI is InChI=1S/C16H16N2O4S/c1-12(19)18-14-5-9-16(10-6-14)23(20,21)15-7-3-13(4-8-15)17-11-22-2/h3-11H,1-2H3,(H,18,19)/b17-11-. The Bertz CT molecular complexity index is 810. The highest BCUT2D eigenvalue weighted by molar-refractivity contribution is 7.91. The van der Waals surface area contributed by atoms with Crippen molar-refractivity contribution in [1.29, 1.82) is 0 Å². The molecule has 2 rings (SSSR count). The molecule has 0 bridgehead atoms. The Kier molecular flexibility index (Phi) is 5.13. The van der Waals surface area contributed by atoms with Gasteiger partial charge in [0.15, 0.2) is 6.40 Å². The second-order valence-corrected chi connectivity index (χ2v) is 6.62. The Balaban J connectivity index is 2.27. The van der Waals surface area contributed by atoms with Crippen molar-refractivity contribution in [2.75, 3.05) is 12.4 Å². The number of anilines is 1. The Labute approximate surface area is 134 Å². The number of ether oxygens (including phenoxy) is 1. The fraction of sp³-hybridized carbons (Fsp3) is 0.125. The molecule has 120 valence electrons. The Hall–Kier alpha value is -2.67. The number of nitrogens with one attached hydrogen (secondary N) is 1. The summed E-state index contributed by atoms with van der Waals surface area (Å²) < 4.78 is 29.8. The average Bonchev–Trinajstić information content (AvgIpc) is 2.53. The zero-order valence-corrected chi connectivity index (χ0v) is 13.5. The zero-order chi connectivity index (χ0) is 16.9. The van der Waals surface area contributed by atoms with E-state index in [1.807, 2.05) is 0 Å². The lowest BCUT2D eigenvalue weighted by Gasteiger charge is -2.07. The van der Waals surface area contributed by atoms with Crippen molar-refractivity contribution in [2.24, 2.45) is 4.99 Å². The van der Waals surface area contributed by atoms with Crippen molar-refractivity contribution in [3.05, 3.63) is 48.5 Å². The smallest absolute Gasteiger partial charge is 0.221 e. The number of aliphatic imine (C=N–C) groups is 1. The predicted molar refractivity (Wildman–Crippen MR) is 87.8 cm³/mol. The number of sulfone groups is 1. The summed E-state index contributed by atoms with van der Waals surface area (Å²) in [5.41, 5.74) is 1.13. The SMILES string of the molecule is CO/C=N\c1ccc(S(=O)(=O)c2ccc(NC(C)=O)cc2)cc1. The molecule has 7 heteroatoms. The maximum atomic E-state index is 12.5. The number of methoxy groups -OCH3 is 1. The molecule has 1 amide bonds. The first kappa shape index (κ1) is 16.7. The third kappa shape index (κ3) is 4.17. The number of benzene rings is 2. The highest BCUT2D eigenvalue weighted by Gasteiger charge is 2.17. The van der Waals surface area contributed by atoms with Crippen LogP contribution >= 0.6 is 0 Å². The van der Waals surface area contributed by atoms with Crippen LogP contribution in [0.4, 0.5) is 11.4 Å². The number of nitrogens with zero attached hydrogens (tertiary/aromatic N) is 1. The zero-order valence-electron chi connectivity index (χ0n) is 12.7. The third-order valence-corrected chi connectivity index (χ3v) is 4.72. The quantitative estimate of drug-likeness (QED) is 0.674. The van der Waals surface area contributed by atoms with E-state index in [-0.39, 0.29) is 15.7 Å². The first-order chi connectivity index (χ1) is 10.9. The number of carbonyl (C=O) groups is 1. The fourth-order valence-corrected chi connectivity index (χ4v) is 3.14. The molecule has 2 aromatic carbocycles. The lowest BCUT2D eigenvalue weighted by atomic mass is 10.3. The molecule has 0 spiro atoms. The minimum absolute atomic E-state index is 0.153. The summed E-state index contributed by atoms with van der Waals surface area (Å²) in [7, 11) is -2.14. The molecule has 0 fully saturated rings. The molecule has 0 saturated carbocycles. The van der Waals surface area contributed by atoms with Crippen molar-refractivity contribution >= 4 is 33.5 Å². The molecule has 2 aromatic rings. The van der Waals surface area contributed by atoms with Gasteiger partial charge in [-0.15, -0.1) is 0 Å². The molecule has 0 unspecified atom stereocenters. The molecule has 0 aromatic heterocycles. The molecule has 1 N–H and O–H groups in total. The van der Waals surface area contributed by atoms with E-state index in [1.165, 1.54) is 44.7 Å². The van der Waals surface area contributed by atoms with Gasteiger partial charge in [-0.3, -0.25) is 4.79 Å². The van der Waals surface area contributed by atoms with Crippen LogP contribution in [-0.2, 0) is 19.4 Å². The third-order valence-electron chi connectivity index (χ3n) is 2.94. The maximum absolute atomic E-state index is 12.5. The highest BCUT2D eigenvalue weighted by atomic mass is 32.2. The van der Waals surface area contributed by atoms with Crippen molar-refractivity contribution < 1.29 is 17.9 Å². The van der Waals surface area contributed by atoms with Crippen LogP contribution in [0.2, 0.25) is 0 Å². The van der Waals surface area contributed by atoms with Crippen LogP contribution in [0.3, 0.4) is 0 Å². The first-order valence-corrected chi connectivity index (χ1v) is 8.20. The van der Waals surface area contributed by atoms with Crippen molar-refractivity contribution in [3.8, 4) is 0 Å². The molecule has 0 saturated heterocycles. The van der Waals surface area contributed by atoms with Crippen LogP contribution in [0.5, 0.6) is 0 Å². The van der Waals surface area contributed by atoms with Crippen LogP contribution in [0.1, 0.15) is 6.92 Å². The average molecular weight is 332 g/mol. The summed E-state index contributed by atoms with van der Waals surface area (Å²) in [6.45, 7) is 1.39. The van der Waals surface area contributed by atoms with Crippen LogP contribution in [0.25, 0.3) is 0 Å². The van der Waals surface area contributed by atoms with Gasteiger partial charge in [0.25, 0.3) is 0 Å². The largest absolute Gasteiger partial charge is 0.486 e. The van der Waals surface area contributed by atoms with E-state index >= 15 is 0 Å². The summed E-state index contributed by atoms with van der Waals surface area (Å²) in [4.78, 5) is 15.3. The molecule has 0 aliphatic carbocycles. The minimum Gasteiger partial charge on any atom is -0.486 e. The van der Waals surface area contributed by atoms with E-state index in [1.54, 1.807) is 24.3 Å². The molecule has 6 nitrogen and oxygen atoms in total. The number of hydrogen-bond acceptors (Lipinski definition) is 5. The van der Waals surface area contributed by atoms with Crippen LogP contribution in [-0.4, -0.2) is 27.8 Å². The fourth-order valence-electron chi connectivity index (χ4n) is 1.88. The van der Waals surface area contributed by atoms with Gasteiger partial charge < -0.3 is 10.1 Å². The Morgan fingerprint density at radius 3 is 2.04 bits per heavy atom. The summed E-state index contributed by atoms with van der Waals surface area (Å²) in [6, 6.07) is 12.2. The molecule has 0 aliphatic heterocycles. The molecule has 0 heterocycles. The van der Waals surface area contributed by atoms with Gasteiger partial charge in [-0.05, 0) is 48.5 Å². The number of rotatable bonds is 5. The minimum atomic E-state index is -3.62. The van der Waals surface area contributed by atoms with Crippen LogP contribution in [0, 0.1) is 0 Å². The monoisotopic (exact) mass is 332 g/mol. The summed E-state index contributed by atoms with van der Waals surface area (Å²) in [5, 5.41) is 2.59. The molecular formula is C16H16N2O4S. The Morgan fingerprint density at radius 1 is 1.04 bits per heavy atom. The van der Waals surface area contributed by atoms with Gasteiger partial charge in [0.05, 0.1) is 22.6 Å². The van der Waals surface area contributed by atoms with Gasteiger partial charge in [-0.25, -0.2) is 13.4 Å². The Morgan fingerprint density at radius 2 is 1.57 bits per heavy atom. The molecule has 0 aliphatic rings. The van der Waals surface area contributed by atoms with E-state index in [0.717, 1.165) is 0 Å². The molecule has 0 radical (unpaired) electrons. The normalized spacial score (nSPS) is 11.4. The van der Waals surface area contributed by atoms with Gasteiger partial charge in [0.2, 0.25) is 15.7 Å². The van der Waals surface area contributed by atoms with Crippen LogP contribution in [0.15, 0.2) is 63.3 Å². The van der Waals surface area contributed by atoms with E-state index in [4.69, 9.17) is 4.74 Å². The summed E-state index contributed by atoms with van der Waals surface area (Å²) in [6.07, 6.45) is 1.27. The van der Waals surface area contributed by atoms with E-state index < -0.39 is 9.84 Å². The maximum Gasteiger partial charge on any atom is 0.221 e. The number of amides is 1. The number of carbonyl (C=O) groups excluding carboxylic acids is 1. The molecule has 0 atom stereocenters. The summed E-state index contributed by atoms with van der Waals surface area (Å²) >= 11 is 0. The van der Waals surface area contributed by atoms with Crippen molar-refractivity contribution in [2.45, 2.75) is 16.7 Å². The second kappa shape index (κ2) is 7.06. The van der Waals surface area contributed by atoms with Crippen molar-refractivity contribution in [1.82, 2.24) is 0 Å². The van der Waals surface area contributed by atoms with Crippen molar-refractivity contribution in [3.63, 3.8) is 0 Å². The first-order valence-electron chi connectivity index (χ1n) is 6.71. The van der Waals surface area contributed by atoms with Gasteiger partial charge in [0.1, 0.15) is 0 Å². The predicted octanol–water partition coefficient (Wildman–Crippen LogP) is 2.78. The molecule has 23 heavy (non-hydrogen) atoms. The van der Waals surface area contributed by atoms with Gasteiger partial charge in [0, 0.05) is 12.6 Å². The van der Waals surface area contributed by atoms with Gasteiger partial charge in [-0.2, -0.15) is 0 Å². The van der Waals surface area contributed by atoms with Gasteiger partial charge >= 0.3 is 0 Å². The lowest BCUT2D eigenvalue weighted by Crippen LogP contribution is -2.06. The van der Waals surface area contributed by atoms with E-state index in [0.29, 0.717) is 11.4 Å². The topological polar surface area (TPSA) is 84.8 Å². The van der Waals surface area contributed by atoms with E-state index in [9.17, 15) is 13.2 Å². The van der Waals surface area contributed by atoms with Crippen LogP contribution < -0.4 is 5.32 Å². The van der Waals surface area contributed by atoms with Gasteiger partial charge in [-0.1, -0.05) is 0 Å².